The van der Waals surface area contributed by atoms with Crippen LogP contribution in [0, 0.1) is 11.8 Å². The van der Waals surface area contributed by atoms with E-state index in [1.165, 1.54) is 6.42 Å². The normalized spacial score (nSPS) is 48.5. The summed E-state index contributed by atoms with van der Waals surface area (Å²) < 4.78 is 21.3. The number of fused-ring (bicyclic) bond motifs is 1. The molecule has 46 valence electrons. The largest absolute Gasteiger partial charge is 0.229 e. The number of rotatable bonds is 0. The van der Waals surface area contributed by atoms with E-state index in [-0.39, 0.29) is 0 Å². The molecule has 0 unspecified atom stereocenters. The highest BCUT2D eigenvalue weighted by Crippen LogP contribution is 2.46. The van der Waals surface area contributed by atoms with Crippen LogP contribution in [0.5, 0.6) is 0 Å². The van der Waals surface area contributed by atoms with Crippen molar-refractivity contribution in [3.8, 4) is 0 Å². The molecule has 2 nitrogen and oxygen atoms in total. The second-order valence-corrected chi connectivity index (χ2v) is 4.99. The Labute approximate surface area is 48.8 Å². The van der Waals surface area contributed by atoms with Gasteiger partial charge < -0.3 is 0 Å². The Morgan fingerprint density at radius 2 is 1.62 bits per heavy atom. The highest BCUT2D eigenvalue weighted by molar-refractivity contribution is 7.91. The van der Waals surface area contributed by atoms with Crippen molar-refractivity contribution in [1.82, 2.24) is 0 Å². The molecule has 0 aromatic heterocycles. The van der Waals surface area contributed by atoms with Crippen molar-refractivity contribution >= 4 is 9.84 Å². The molecule has 1 heterocycles. The molecule has 1 aliphatic heterocycles. The van der Waals surface area contributed by atoms with Gasteiger partial charge in [-0.05, 0) is 18.3 Å². The first-order valence-electron chi connectivity index (χ1n) is 2.88. The Morgan fingerprint density at radius 3 is 1.88 bits per heavy atom. The van der Waals surface area contributed by atoms with Crippen LogP contribution in [0.2, 0.25) is 0 Å². The first kappa shape index (κ1) is 4.79. The molecular weight excluding hydrogens is 124 g/mol. The molecule has 2 atom stereocenters. The van der Waals surface area contributed by atoms with Crippen LogP contribution in [-0.2, 0) is 9.84 Å². The average Bonchev–Trinajstić information content (AvgIpc) is 2.11. The third-order valence-electron chi connectivity index (χ3n) is 2.01. The van der Waals surface area contributed by atoms with Gasteiger partial charge in [-0.3, -0.25) is 0 Å². The minimum absolute atomic E-state index is 0.484. The van der Waals surface area contributed by atoms with Crippen LogP contribution in [0.4, 0.5) is 0 Å². The van der Waals surface area contributed by atoms with Crippen molar-refractivity contribution in [2.45, 2.75) is 6.42 Å². The van der Waals surface area contributed by atoms with Gasteiger partial charge in [0.05, 0.1) is 11.5 Å². The summed E-state index contributed by atoms with van der Waals surface area (Å²) in [6, 6.07) is 0. The molecule has 0 spiro atoms. The lowest BCUT2D eigenvalue weighted by molar-refractivity contribution is 0.598. The van der Waals surface area contributed by atoms with E-state index in [2.05, 4.69) is 0 Å². The first-order valence-corrected chi connectivity index (χ1v) is 4.70. The summed E-state index contributed by atoms with van der Waals surface area (Å²) >= 11 is 0. The summed E-state index contributed by atoms with van der Waals surface area (Å²) in [5, 5.41) is 0. The number of hydrogen-bond acceptors (Lipinski definition) is 2. The Balaban J connectivity index is 2.30. The number of sulfone groups is 1. The highest BCUT2D eigenvalue weighted by atomic mass is 32.2. The lowest BCUT2D eigenvalue weighted by Gasteiger charge is -1.89. The Kier molecular flexibility index (Phi) is 0.660. The van der Waals surface area contributed by atoms with Crippen molar-refractivity contribution in [2.75, 3.05) is 11.5 Å². The van der Waals surface area contributed by atoms with E-state index in [0.29, 0.717) is 23.3 Å². The summed E-state index contributed by atoms with van der Waals surface area (Å²) in [7, 11) is -2.55. The van der Waals surface area contributed by atoms with Crippen molar-refractivity contribution < 1.29 is 8.42 Å². The van der Waals surface area contributed by atoms with Gasteiger partial charge in [0.25, 0.3) is 0 Å². The van der Waals surface area contributed by atoms with Gasteiger partial charge in [-0.15, -0.1) is 0 Å². The zero-order valence-corrected chi connectivity index (χ0v) is 5.32. The van der Waals surface area contributed by atoms with Crippen LogP contribution in [0.25, 0.3) is 0 Å². The molecule has 0 radical (unpaired) electrons. The van der Waals surface area contributed by atoms with E-state index < -0.39 is 9.84 Å². The van der Waals surface area contributed by atoms with Gasteiger partial charge in [-0.25, -0.2) is 8.42 Å². The minimum atomic E-state index is -2.55. The lowest BCUT2D eigenvalue weighted by atomic mass is 10.4. The van der Waals surface area contributed by atoms with Gasteiger partial charge >= 0.3 is 0 Å². The summed E-state index contributed by atoms with van der Waals surface area (Å²) in [6.07, 6.45) is 1.18. The van der Waals surface area contributed by atoms with Crippen LogP contribution in [-0.4, -0.2) is 19.9 Å². The van der Waals surface area contributed by atoms with Gasteiger partial charge in [-0.2, -0.15) is 0 Å². The molecule has 0 amide bonds. The Bertz CT molecular complexity index is 188. The lowest BCUT2D eigenvalue weighted by Crippen LogP contribution is -2.04. The molecule has 2 fully saturated rings. The van der Waals surface area contributed by atoms with Crippen LogP contribution < -0.4 is 0 Å². The van der Waals surface area contributed by atoms with Crippen molar-refractivity contribution in [3.63, 3.8) is 0 Å². The van der Waals surface area contributed by atoms with Gasteiger partial charge in [0.15, 0.2) is 9.84 Å². The molecule has 2 aliphatic rings. The quantitative estimate of drug-likeness (QED) is 0.466. The predicted molar refractivity (Wildman–Crippen MR) is 30.3 cm³/mol. The van der Waals surface area contributed by atoms with E-state index in [1.807, 2.05) is 0 Å². The van der Waals surface area contributed by atoms with Crippen LogP contribution >= 0.6 is 0 Å². The second kappa shape index (κ2) is 1.10. The van der Waals surface area contributed by atoms with E-state index >= 15 is 0 Å². The molecule has 0 aromatic rings. The van der Waals surface area contributed by atoms with Gasteiger partial charge in [0.2, 0.25) is 0 Å². The maximum Gasteiger partial charge on any atom is 0.150 e. The molecule has 8 heavy (non-hydrogen) atoms. The van der Waals surface area contributed by atoms with Crippen molar-refractivity contribution in [1.29, 1.82) is 0 Å². The summed E-state index contributed by atoms with van der Waals surface area (Å²) in [5.74, 6) is 2.11. The highest BCUT2D eigenvalue weighted by Gasteiger charge is 2.48. The zero-order chi connectivity index (χ0) is 5.78. The molecule has 1 saturated heterocycles. The molecule has 0 N–H and O–H groups in total. The molecule has 1 aliphatic carbocycles. The molecule has 3 heteroatoms. The van der Waals surface area contributed by atoms with Gasteiger partial charge in [0.1, 0.15) is 0 Å². The zero-order valence-electron chi connectivity index (χ0n) is 4.50. The SMILES string of the molecule is O=S1(=O)C[C@H]2C[C@H]2C1. The van der Waals surface area contributed by atoms with Crippen LogP contribution in [0.1, 0.15) is 6.42 Å². The fourth-order valence-corrected chi connectivity index (χ4v) is 3.70. The second-order valence-electron chi connectivity index (χ2n) is 2.83. The molecule has 2 rings (SSSR count). The summed E-state index contributed by atoms with van der Waals surface area (Å²) in [4.78, 5) is 0. The predicted octanol–water partition coefficient (Wildman–Crippen LogP) is 0.0509. The molecular formula is C5H8O2S. The third kappa shape index (κ3) is 0.573. The maximum atomic E-state index is 10.7. The minimum Gasteiger partial charge on any atom is -0.229 e. The average molecular weight is 132 g/mol. The fourth-order valence-electron chi connectivity index (χ4n) is 1.44. The number of hydrogen-bond donors (Lipinski definition) is 0. The maximum absolute atomic E-state index is 10.7. The van der Waals surface area contributed by atoms with Crippen LogP contribution in [0.3, 0.4) is 0 Å². The van der Waals surface area contributed by atoms with E-state index in [0.717, 1.165) is 0 Å². The van der Waals surface area contributed by atoms with Gasteiger partial charge in [0, 0.05) is 0 Å². The topological polar surface area (TPSA) is 34.1 Å². The van der Waals surface area contributed by atoms with Crippen molar-refractivity contribution in [3.05, 3.63) is 0 Å². The first-order chi connectivity index (χ1) is 3.67. The van der Waals surface area contributed by atoms with Crippen molar-refractivity contribution in [2.24, 2.45) is 11.8 Å². The van der Waals surface area contributed by atoms with Crippen LogP contribution in [0.15, 0.2) is 0 Å². The Morgan fingerprint density at radius 1 is 1.12 bits per heavy atom. The van der Waals surface area contributed by atoms with E-state index in [1.54, 1.807) is 0 Å². The van der Waals surface area contributed by atoms with E-state index in [9.17, 15) is 8.42 Å². The molecule has 0 aromatic carbocycles. The standard InChI is InChI=1S/C5H8O2S/c6-8(7)2-4-1-5(4)3-8/h4-5H,1-3H2/t4-,5+. The third-order valence-corrected chi connectivity index (χ3v) is 3.88. The molecule has 0 bridgehead atoms. The summed E-state index contributed by atoms with van der Waals surface area (Å²) in [5.41, 5.74) is 0. The fraction of sp³-hybridized carbons (Fsp3) is 1.00. The Hall–Kier alpha value is -0.0500. The van der Waals surface area contributed by atoms with Gasteiger partial charge in [-0.1, -0.05) is 0 Å². The monoisotopic (exact) mass is 132 g/mol. The smallest absolute Gasteiger partial charge is 0.150 e. The summed E-state index contributed by atoms with van der Waals surface area (Å²) in [6.45, 7) is 0. The molecule has 1 saturated carbocycles. The van der Waals surface area contributed by atoms with E-state index in [4.69, 9.17) is 0 Å².